The van der Waals surface area contributed by atoms with Crippen molar-refractivity contribution in [3.63, 3.8) is 0 Å². The number of morpholine rings is 1. The molecule has 11 nitrogen and oxygen atoms in total. The van der Waals surface area contributed by atoms with Crippen molar-refractivity contribution in [1.29, 1.82) is 0 Å². The minimum atomic E-state index is -4.11. The first-order valence-corrected chi connectivity index (χ1v) is 12.9. The number of sulfonamides is 1. The summed E-state index contributed by atoms with van der Waals surface area (Å²) in [4.78, 5) is 25.3. The van der Waals surface area contributed by atoms with Gasteiger partial charge in [-0.15, -0.1) is 0 Å². The van der Waals surface area contributed by atoms with Crippen molar-refractivity contribution in [2.45, 2.75) is 11.8 Å². The van der Waals surface area contributed by atoms with Crippen LogP contribution in [0.1, 0.15) is 15.9 Å². The molecule has 1 aliphatic rings. The van der Waals surface area contributed by atoms with E-state index in [4.69, 9.17) is 9.47 Å². The van der Waals surface area contributed by atoms with Gasteiger partial charge in [0.15, 0.2) is 0 Å². The van der Waals surface area contributed by atoms with Gasteiger partial charge in [-0.2, -0.15) is 0 Å². The van der Waals surface area contributed by atoms with E-state index in [2.05, 4.69) is 10.0 Å². The van der Waals surface area contributed by atoms with E-state index in [1.54, 1.807) is 43.3 Å². The van der Waals surface area contributed by atoms with Gasteiger partial charge in [-0.3, -0.25) is 19.6 Å². The Morgan fingerprint density at radius 3 is 2.49 bits per heavy atom. The van der Waals surface area contributed by atoms with Crippen molar-refractivity contribution in [1.82, 2.24) is 0 Å². The van der Waals surface area contributed by atoms with Gasteiger partial charge in [0, 0.05) is 36.0 Å². The first-order valence-electron chi connectivity index (χ1n) is 11.4. The van der Waals surface area contributed by atoms with E-state index >= 15 is 0 Å². The lowest BCUT2D eigenvalue weighted by Crippen LogP contribution is -2.37. The summed E-state index contributed by atoms with van der Waals surface area (Å²) < 4.78 is 40.4. The first kappa shape index (κ1) is 25.9. The number of hydrogen-bond donors (Lipinski definition) is 2. The molecule has 1 fully saturated rings. The van der Waals surface area contributed by atoms with E-state index in [-0.39, 0.29) is 27.5 Å². The van der Waals surface area contributed by atoms with Crippen molar-refractivity contribution >= 4 is 38.7 Å². The average Bonchev–Trinajstić information content (AvgIpc) is 2.89. The number of aryl methyl sites for hydroxylation is 1. The van der Waals surface area contributed by atoms with Crippen LogP contribution in [0, 0.1) is 17.0 Å². The average molecular weight is 527 g/mol. The predicted octanol–water partition coefficient (Wildman–Crippen LogP) is 3.80. The molecule has 1 aliphatic heterocycles. The van der Waals surface area contributed by atoms with Gasteiger partial charge in [-0.05, 0) is 49.4 Å². The Kier molecular flexibility index (Phi) is 7.60. The molecule has 4 rings (SSSR count). The Hall–Kier alpha value is -4.16. The van der Waals surface area contributed by atoms with Crippen molar-refractivity contribution < 1.29 is 27.6 Å². The van der Waals surface area contributed by atoms with Crippen molar-refractivity contribution in [3.8, 4) is 5.75 Å². The standard InChI is InChI=1S/C25H26N4O7S/c1-17-15-18(7-9-21(17)29(31)32)25(30)26-19-8-10-22(28-11-13-36-14-12-28)24(16-19)37(33,34)27-20-5-3-4-6-23(20)35-2/h3-10,15-16,27H,11-14H2,1-2H3,(H,26,30). The van der Waals surface area contributed by atoms with Gasteiger partial charge in [0.25, 0.3) is 21.6 Å². The quantitative estimate of drug-likeness (QED) is 0.334. The fourth-order valence-electron chi connectivity index (χ4n) is 4.01. The fourth-order valence-corrected chi connectivity index (χ4v) is 5.33. The Balaban J connectivity index is 1.69. The van der Waals surface area contributed by atoms with Crippen LogP contribution in [0.4, 0.5) is 22.7 Å². The number of hydrogen-bond acceptors (Lipinski definition) is 8. The third-order valence-electron chi connectivity index (χ3n) is 5.87. The number of nitrogens with zero attached hydrogens (tertiary/aromatic N) is 2. The summed E-state index contributed by atoms with van der Waals surface area (Å²) >= 11 is 0. The van der Waals surface area contributed by atoms with Gasteiger partial charge >= 0.3 is 0 Å². The van der Waals surface area contributed by atoms with Crippen LogP contribution < -0.4 is 19.7 Å². The Morgan fingerprint density at radius 2 is 1.81 bits per heavy atom. The zero-order valence-electron chi connectivity index (χ0n) is 20.3. The molecule has 3 aromatic rings. The van der Waals surface area contributed by atoms with Gasteiger partial charge in [0.1, 0.15) is 10.6 Å². The molecule has 1 amide bonds. The van der Waals surface area contributed by atoms with E-state index in [1.165, 1.54) is 31.4 Å². The molecule has 0 saturated carbocycles. The van der Waals surface area contributed by atoms with Gasteiger partial charge in [-0.1, -0.05) is 12.1 Å². The van der Waals surface area contributed by atoms with Crippen LogP contribution >= 0.6 is 0 Å². The number of anilines is 3. The second-order valence-corrected chi connectivity index (χ2v) is 9.95. The van der Waals surface area contributed by atoms with Gasteiger partial charge in [-0.25, -0.2) is 8.42 Å². The third-order valence-corrected chi connectivity index (χ3v) is 7.26. The van der Waals surface area contributed by atoms with Crippen LogP contribution in [0.25, 0.3) is 0 Å². The predicted molar refractivity (Wildman–Crippen MR) is 139 cm³/mol. The normalized spacial score (nSPS) is 13.6. The monoisotopic (exact) mass is 526 g/mol. The summed E-state index contributed by atoms with van der Waals surface area (Å²) in [6.07, 6.45) is 0. The van der Waals surface area contributed by atoms with Crippen molar-refractivity contribution in [2.75, 3.05) is 48.4 Å². The first-order chi connectivity index (χ1) is 17.7. The lowest BCUT2D eigenvalue weighted by atomic mass is 10.1. The molecule has 37 heavy (non-hydrogen) atoms. The maximum absolute atomic E-state index is 13.6. The summed E-state index contributed by atoms with van der Waals surface area (Å²) in [5.74, 6) is -0.171. The molecule has 12 heteroatoms. The highest BCUT2D eigenvalue weighted by atomic mass is 32.2. The molecule has 0 aliphatic carbocycles. The summed E-state index contributed by atoms with van der Waals surface area (Å²) in [7, 11) is -2.66. The van der Waals surface area contributed by atoms with Crippen LogP contribution in [0.15, 0.2) is 65.6 Å². The van der Waals surface area contributed by atoms with Crippen LogP contribution in [0.2, 0.25) is 0 Å². The Labute approximate surface area is 214 Å². The summed E-state index contributed by atoms with van der Waals surface area (Å²) in [5.41, 5.74) is 1.44. The molecule has 0 spiro atoms. The van der Waals surface area contributed by atoms with Crippen LogP contribution in [-0.2, 0) is 14.8 Å². The molecule has 0 unspecified atom stereocenters. The van der Waals surface area contributed by atoms with Gasteiger partial charge in [0.05, 0.1) is 36.6 Å². The summed E-state index contributed by atoms with van der Waals surface area (Å²) in [6, 6.07) is 15.3. The highest BCUT2D eigenvalue weighted by Crippen LogP contribution is 2.33. The molecule has 0 radical (unpaired) electrons. The number of para-hydroxylation sites is 2. The zero-order chi connectivity index (χ0) is 26.6. The second kappa shape index (κ2) is 10.8. The van der Waals surface area contributed by atoms with E-state index in [1.807, 2.05) is 4.90 Å². The molecule has 2 N–H and O–H groups in total. The maximum Gasteiger partial charge on any atom is 0.272 e. The minimum Gasteiger partial charge on any atom is -0.495 e. The SMILES string of the molecule is COc1ccccc1NS(=O)(=O)c1cc(NC(=O)c2ccc([N+](=O)[O-])c(C)c2)ccc1N1CCOCC1. The lowest BCUT2D eigenvalue weighted by Gasteiger charge is -2.30. The number of carbonyl (C=O) groups excluding carboxylic acids is 1. The number of amides is 1. The number of nitro benzene ring substituents is 1. The smallest absolute Gasteiger partial charge is 0.272 e. The highest BCUT2D eigenvalue weighted by molar-refractivity contribution is 7.93. The molecule has 1 heterocycles. The number of ether oxygens (including phenoxy) is 2. The largest absolute Gasteiger partial charge is 0.495 e. The van der Waals surface area contributed by atoms with Crippen LogP contribution in [0.5, 0.6) is 5.75 Å². The van der Waals surface area contributed by atoms with E-state index in [9.17, 15) is 23.3 Å². The molecular weight excluding hydrogens is 500 g/mol. The number of rotatable bonds is 8. The molecule has 194 valence electrons. The molecule has 1 saturated heterocycles. The van der Waals surface area contributed by atoms with E-state index < -0.39 is 20.9 Å². The third kappa shape index (κ3) is 5.81. The number of methoxy groups -OCH3 is 1. The zero-order valence-corrected chi connectivity index (χ0v) is 21.1. The maximum atomic E-state index is 13.6. The van der Waals surface area contributed by atoms with Gasteiger partial charge in [0.2, 0.25) is 0 Å². The molecule has 0 atom stereocenters. The Bertz CT molecular complexity index is 1440. The minimum absolute atomic E-state index is 0.0296. The second-order valence-electron chi connectivity index (χ2n) is 8.30. The number of nitrogens with one attached hydrogen (secondary N) is 2. The fraction of sp³-hybridized carbons (Fsp3) is 0.240. The number of carbonyl (C=O) groups is 1. The molecule has 3 aromatic carbocycles. The summed E-state index contributed by atoms with van der Waals surface area (Å²) in [5, 5.41) is 13.8. The summed E-state index contributed by atoms with van der Waals surface area (Å²) in [6.45, 7) is 3.46. The molecule has 0 bridgehead atoms. The van der Waals surface area contributed by atoms with E-state index in [0.717, 1.165) is 0 Å². The molecule has 0 aromatic heterocycles. The van der Waals surface area contributed by atoms with E-state index in [0.29, 0.717) is 43.3 Å². The highest BCUT2D eigenvalue weighted by Gasteiger charge is 2.25. The number of benzene rings is 3. The topological polar surface area (TPSA) is 140 Å². The van der Waals surface area contributed by atoms with Crippen LogP contribution in [0.3, 0.4) is 0 Å². The van der Waals surface area contributed by atoms with Crippen LogP contribution in [-0.4, -0.2) is 52.7 Å². The molecular formula is C25H26N4O7S. The Morgan fingerprint density at radius 1 is 1.08 bits per heavy atom. The van der Waals surface area contributed by atoms with Crippen molar-refractivity contribution in [3.05, 3.63) is 81.9 Å². The lowest BCUT2D eigenvalue weighted by molar-refractivity contribution is -0.385. The number of nitro groups is 1. The van der Waals surface area contributed by atoms with Gasteiger partial charge < -0.3 is 19.7 Å². The van der Waals surface area contributed by atoms with Crippen molar-refractivity contribution in [2.24, 2.45) is 0 Å².